The molecule has 0 aliphatic carbocycles. The number of pyridine rings is 1. The third kappa shape index (κ3) is 4.22. The third-order valence-corrected chi connectivity index (χ3v) is 5.69. The zero-order chi connectivity index (χ0) is 24.6. The quantitative estimate of drug-likeness (QED) is 0.298. The van der Waals surface area contributed by atoms with E-state index in [1.807, 2.05) is 20.8 Å². The third-order valence-electron chi connectivity index (χ3n) is 5.45. The van der Waals surface area contributed by atoms with E-state index >= 15 is 0 Å². The summed E-state index contributed by atoms with van der Waals surface area (Å²) in [5, 5.41) is 22.0. The van der Waals surface area contributed by atoms with Crippen molar-refractivity contribution in [3.05, 3.63) is 88.2 Å². The first-order chi connectivity index (χ1) is 16.2. The van der Waals surface area contributed by atoms with E-state index in [-0.39, 0.29) is 33.9 Å². The van der Waals surface area contributed by atoms with E-state index in [0.29, 0.717) is 16.9 Å². The standard InChI is InChI=1S/C26H23ClN2O5/c1-14(2)34-21-9-6-16(11-15(21)3)24(31)22-23(17-5-4-10-28-13-17)29(26(33)25(22)32)19-12-18(27)7-8-20(19)30/h4-14,23,30-31H,1-3H3/b24-22+. The molecule has 174 valence electrons. The molecule has 0 saturated carbocycles. The van der Waals surface area contributed by atoms with Gasteiger partial charge in [0.25, 0.3) is 11.7 Å². The van der Waals surface area contributed by atoms with Crippen LogP contribution < -0.4 is 9.64 Å². The number of nitrogens with zero attached hydrogens (tertiary/aromatic N) is 2. The molecule has 1 fully saturated rings. The lowest BCUT2D eigenvalue weighted by molar-refractivity contribution is -0.132. The van der Waals surface area contributed by atoms with Crippen LogP contribution in [0.3, 0.4) is 0 Å². The second-order valence-electron chi connectivity index (χ2n) is 8.24. The maximum Gasteiger partial charge on any atom is 0.300 e. The number of aryl methyl sites for hydroxylation is 1. The second-order valence-corrected chi connectivity index (χ2v) is 8.67. The molecule has 4 rings (SSSR count). The predicted molar refractivity (Wildman–Crippen MR) is 129 cm³/mol. The molecule has 8 heteroatoms. The van der Waals surface area contributed by atoms with Crippen molar-refractivity contribution < 1.29 is 24.5 Å². The van der Waals surface area contributed by atoms with Gasteiger partial charge in [0.1, 0.15) is 17.3 Å². The molecular formula is C26H23ClN2O5. The number of halogens is 1. The number of carbonyl (C=O) groups is 2. The van der Waals surface area contributed by atoms with Crippen molar-refractivity contribution in [3.63, 3.8) is 0 Å². The van der Waals surface area contributed by atoms with Gasteiger partial charge in [0.05, 0.1) is 23.4 Å². The molecule has 0 spiro atoms. The van der Waals surface area contributed by atoms with Gasteiger partial charge in [-0.05, 0) is 74.4 Å². The van der Waals surface area contributed by atoms with E-state index < -0.39 is 17.7 Å². The fourth-order valence-corrected chi connectivity index (χ4v) is 4.13. The van der Waals surface area contributed by atoms with E-state index in [1.165, 1.54) is 24.4 Å². The van der Waals surface area contributed by atoms with Crippen LogP contribution >= 0.6 is 11.6 Å². The lowest BCUT2D eigenvalue weighted by Gasteiger charge is -2.26. The Kier molecular flexibility index (Phi) is 6.30. The average molecular weight is 479 g/mol. The highest BCUT2D eigenvalue weighted by atomic mass is 35.5. The summed E-state index contributed by atoms with van der Waals surface area (Å²) in [7, 11) is 0. The number of anilines is 1. The van der Waals surface area contributed by atoms with Gasteiger partial charge >= 0.3 is 0 Å². The first kappa shape index (κ1) is 23.3. The minimum absolute atomic E-state index is 0.0283. The molecule has 1 amide bonds. The number of ether oxygens (including phenoxy) is 1. The molecule has 1 aliphatic rings. The molecule has 2 N–H and O–H groups in total. The summed E-state index contributed by atoms with van der Waals surface area (Å²) in [6.07, 6.45) is 3.03. The molecule has 0 radical (unpaired) electrons. The van der Waals surface area contributed by atoms with Crippen molar-refractivity contribution >= 4 is 34.7 Å². The predicted octanol–water partition coefficient (Wildman–Crippen LogP) is 5.16. The van der Waals surface area contributed by atoms with Crippen LogP contribution in [0.2, 0.25) is 5.02 Å². The van der Waals surface area contributed by atoms with Gasteiger partial charge in [-0.25, -0.2) is 0 Å². The van der Waals surface area contributed by atoms with E-state index in [4.69, 9.17) is 16.3 Å². The number of carbonyl (C=O) groups excluding carboxylic acids is 2. The summed E-state index contributed by atoms with van der Waals surface area (Å²) in [5.41, 5.74) is 1.54. The lowest BCUT2D eigenvalue weighted by atomic mass is 9.95. The summed E-state index contributed by atoms with van der Waals surface area (Å²) in [4.78, 5) is 31.6. The molecule has 7 nitrogen and oxygen atoms in total. The number of rotatable bonds is 5. The highest BCUT2D eigenvalue weighted by Crippen LogP contribution is 2.45. The Morgan fingerprint density at radius 1 is 1.15 bits per heavy atom. The molecule has 2 aromatic carbocycles. The second kappa shape index (κ2) is 9.19. The molecule has 3 aromatic rings. The van der Waals surface area contributed by atoms with Crippen LogP contribution in [0, 0.1) is 6.92 Å². The first-order valence-electron chi connectivity index (χ1n) is 10.7. The normalized spacial score (nSPS) is 17.4. The van der Waals surface area contributed by atoms with Crippen LogP contribution in [0.5, 0.6) is 11.5 Å². The molecule has 1 saturated heterocycles. The van der Waals surface area contributed by atoms with Gasteiger partial charge in [0, 0.05) is 23.0 Å². The Bertz CT molecular complexity index is 1300. The van der Waals surface area contributed by atoms with Gasteiger partial charge in [-0.15, -0.1) is 0 Å². The highest BCUT2D eigenvalue weighted by Gasteiger charge is 2.47. The van der Waals surface area contributed by atoms with Crippen molar-refractivity contribution in [3.8, 4) is 11.5 Å². The summed E-state index contributed by atoms with van der Waals surface area (Å²) >= 11 is 6.12. The number of aromatic nitrogens is 1. The smallest absolute Gasteiger partial charge is 0.300 e. The minimum Gasteiger partial charge on any atom is -0.507 e. The van der Waals surface area contributed by atoms with Crippen LogP contribution in [-0.2, 0) is 9.59 Å². The molecule has 0 bridgehead atoms. The Morgan fingerprint density at radius 2 is 1.91 bits per heavy atom. The van der Waals surface area contributed by atoms with Crippen molar-refractivity contribution in [2.24, 2.45) is 0 Å². The minimum atomic E-state index is -1.02. The van der Waals surface area contributed by atoms with Gasteiger partial charge in [0.15, 0.2) is 0 Å². The number of amides is 1. The maximum atomic E-state index is 13.2. The molecule has 1 aromatic heterocycles. The van der Waals surface area contributed by atoms with Gasteiger partial charge < -0.3 is 14.9 Å². The SMILES string of the molecule is Cc1cc(/C(O)=C2\C(=O)C(=O)N(c3cc(Cl)ccc3O)C2c2cccnc2)ccc1OC(C)C. The van der Waals surface area contributed by atoms with Crippen LogP contribution in [0.1, 0.15) is 36.6 Å². The summed E-state index contributed by atoms with van der Waals surface area (Å²) in [5.74, 6) is -1.70. The van der Waals surface area contributed by atoms with E-state index in [0.717, 1.165) is 10.5 Å². The number of hydrogen-bond acceptors (Lipinski definition) is 6. The number of benzene rings is 2. The molecule has 1 atom stereocenters. The Labute approximate surface area is 201 Å². The van der Waals surface area contributed by atoms with Crippen molar-refractivity contribution in [1.82, 2.24) is 4.98 Å². The van der Waals surface area contributed by atoms with Crippen LogP contribution in [-0.4, -0.2) is 33.0 Å². The summed E-state index contributed by atoms with van der Waals surface area (Å²) < 4.78 is 5.76. The molecule has 34 heavy (non-hydrogen) atoms. The van der Waals surface area contributed by atoms with Gasteiger partial charge in [0.2, 0.25) is 0 Å². The zero-order valence-corrected chi connectivity index (χ0v) is 19.6. The van der Waals surface area contributed by atoms with E-state index in [9.17, 15) is 19.8 Å². The average Bonchev–Trinajstić information content (AvgIpc) is 3.07. The number of phenolic OH excluding ortho intramolecular Hbond substituents is 1. The zero-order valence-electron chi connectivity index (χ0n) is 18.8. The fraction of sp³-hybridized carbons (Fsp3) is 0.192. The Balaban J connectivity index is 1.91. The number of aliphatic hydroxyl groups is 1. The number of Topliss-reactive ketones (excluding diaryl/α,β-unsaturated/α-hetero) is 1. The summed E-state index contributed by atoms with van der Waals surface area (Å²) in [6, 6.07) is 11.6. The van der Waals surface area contributed by atoms with Crippen molar-refractivity contribution in [2.75, 3.05) is 4.90 Å². The Morgan fingerprint density at radius 3 is 2.56 bits per heavy atom. The van der Waals surface area contributed by atoms with E-state index in [1.54, 1.807) is 36.5 Å². The van der Waals surface area contributed by atoms with Crippen LogP contribution in [0.15, 0.2) is 66.5 Å². The number of aliphatic hydroxyl groups excluding tert-OH is 1. The molecule has 1 aliphatic heterocycles. The molecule has 2 heterocycles. The number of phenols is 1. The maximum absolute atomic E-state index is 13.2. The van der Waals surface area contributed by atoms with Crippen LogP contribution in [0.4, 0.5) is 5.69 Å². The first-order valence-corrected chi connectivity index (χ1v) is 11.0. The number of ketones is 1. The van der Waals surface area contributed by atoms with Gasteiger partial charge in [-0.3, -0.25) is 19.5 Å². The lowest BCUT2D eigenvalue weighted by Crippen LogP contribution is -2.29. The van der Waals surface area contributed by atoms with Crippen LogP contribution in [0.25, 0.3) is 5.76 Å². The van der Waals surface area contributed by atoms with Gasteiger partial charge in [-0.2, -0.15) is 0 Å². The monoisotopic (exact) mass is 478 g/mol. The number of aromatic hydroxyl groups is 1. The van der Waals surface area contributed by atoms with Gasteiger partial charge in [-0.1, -0.05) is 17.7 Å². The highest BCUT2D eigenvalue weighted by molar-refractivity contribution is 6.52. The van der Waals surface area contributed by atoms with Crippen molar-refractivity contribution in [2.45, 2.75) is 32.9 Å². The van der Waals surface area contributed by atoms with E-state index in [2.05, 4.69) is 4.98 Å². The fourth-order valence-electron chi connectivity index (χ4n) is 3.96. The molecule has 1 unspecified atom stereocenters. The van der Waals surface area contributed by atoms with Crippen molar-refractivity contribution in [1.29, 1.82) is 0 Å². The topological polar surface area (TPSA) is 100.0 Å². The molecular weight excluding hydrogens is 456 g/mol. The number of hydrogen-bond donors (Lipinski definition) is 2. The Hall–Kier alpha value is -3.84. The summed E-state index contributed by atoms with van der Waals surface area (Å²) in [6.45, 7) is 5.65. The largest absolute Gasteiger partial charge is 0.507 e.